The summed E-state index contributed by atoms with van der Waals surface area (Å²) in [5, 5.41) is 12.6. The topological polar surface area (TPSA) is 97.6 Å². The van der Waals surface area contributed by atoms with Crippen LogP contribution < -0.4 is 15.4 Å². The first-order valence-corrected chi connectivity index (χ1v) is 12.0. The van der Waals surface area contributed by atoms with Gasteiger partial charge in [0.25, 0.3) is 0 Å². The Morgan fingerprint density at radius 2 is 1.82 bits per heavy atom. The van der Waals surface area contributed by atoms with Gasteiger partial charge >= 0.3 is 0 Å². The van der Waals surface area contributed by atoms with E-state index in [4.69, 9.17) is 16.3 Å². The number of nitrogens with zero attached hydrogens (tertiary/aromatic N) is 3. The van der Waals surface area contributed by atoms with E-state index >= 15 is 0 Å². The maximum atomic E-state index is 12.4. The molecule has 2 amide bonds. The van der Waals surface area contributed by atoms with E-state index in [-0.39, 0.29) is 24.2 Å². The summed E-state index contributed by atoms with van der Waals surface area (Å²) >= 11 is 7.62. The predicted octanol–water partition coefficient (Wildman–Crippen LogP) is 5.48. The Morgan fingerprint density at radius 3 is 2.50 bits per heavy atom. The number of aryl methyl sites for hydroxylation is 2. The molecule has 176 valence electrons. The molecule has 2 aromatic carbocycles. The van der Waals surface area contributed by atoms with Crippen molar-refractivity contribution >= 4 is 51.3 Å². The molecule has 0 spiro atoms. The van der Waals surface area contributed by atoms with Gasteiger partial charge in [-0.05, 0) is 55.7 Å². The summed E-state index contributed by atoms with van der Waals surface area (Å²) in [7, 11) is 0. The number of rotatable bonds is 8. The van der Waals surface area contributed by atoms with Crippen LogP contribution in [0.2, 0.25) is 5.02 Å². The molecule has 8 nitrogen and oxygen atoms in total. The van der Waals surface area contributed by atoms with Crippen LogP contribution in [-0.4, -0.2) is 33.0 Å². The van der Waals surface area contributed by atoms with Gasteiger partial charge in [-0.3, -0.25) is 14.9 Å². The highest BCUT2D eigenvalue weighted by molar-refractivity contribution is 7.15. The van der Waals surface area contributed by atoms with Crippen molar-refractivity contribution in [1.82, 2.24) is 14.6 Å². The molecule has 0 atom stereocenters. The molecule has 0 aliphatic heterocycles. The number of hydrogen-bond donors (Lipinski definition) is 2. The Balaban J connectivity index is 1.32. The monoisotopic (exact) mass is 497 g/mol. The van der Waals surface area contributed by atoms with Crippen molar-refractivity contribution in [2.75, 3.05) is 17.2 Å². The van der Waals surface area contributed by atoms with Gasteiger partial charge in [0, 0.05) is 35.0 Å². The second kappa shape index (κ2) is 10.2. The van der Waals surface area contributed by atoms with Crippen LogP contribution in [0.5, 0.6) is 5.75 Å². The molecular weight excluding hydrogens is 474 g/mol. The maximum Gasteiger partial charge on any atom is 0.250 e. The molecule has 0 unspecified atom stereocenters. The summed E-state index contributed by atoms with van der Waals surface area (Å²) < 4.78 is 7.45. The molecule has 0 saturated carbocycles. The molecule has 2 aromatic heterocycles. The number of thiazole rings is 1. The van der Waals surface area contributed by atoms with E-state index in [9.17, 15) is 9.59 Å². The van der Waals surface area contributed by atoms with Gasteiger partial charge in [0.1, 0.15) is 5.75 Å². The fourth-order valence-electron chi connectivity index (χ4n) is 3.46. The largest absolute Gasteiger partial charge is 0.494 e. The third-order valence-electron chi connectivity index (χ3n) is 5.06. The second-order valence-corrected chi connectivity index (χ2v) is 9.10. The summed E-state index contributed by atoms with van der Waals surface area (Å²) in [6, 6.07) is 11.2. The summed E-state index contributed by atoms with van der Waals surface area (Å²) in [4.78, 5) is 28.6. The van der Waals surface area contributed by atoms with Gasteiger partial charge in [-0.1, -0.05) is 23.7 Å². The molecule has 4 rings (SSSR count). The van der Waals surface area contributed by atoms with Crippen LogP contribution in [0.25, 0.3) is 16.2 Å². The minimum atomic E-state index is -0.175. The smallest absolute Gasteiger partial charge is 0.250 e. The van der Waals surface area contributed by atoms with Crippen LogP contribution >= 0.6 is 22.9 Å². The number of carbonyl (C=O) groups is 2. The number of benzene rings is 2. The van der Waals surface area contributed by atoms with Crippen molar-refractivity contribution in [2.45, 2.75) is 33.6 Å². The lowest BCUT2D eigenvalue weighted by molar-refractivity contribution is -0.116. The molecule has 10 heteroatoms. The van der Waals surface area contributed by atoms with Crippen LogP contribution in [-0.2, 0) is 9.59 Å². The molecule has 2 N–H and O–H groups in total. The molecule has 2 heterocycles. The molecule has 0 saturated heterocycles. The van der Waals surface area contributed by atoms with E-state index in [1.54, 1.807) is 4.52 Å². The van der Waals surface area contributed by atoms with Gasteiger partial charge in [-0.15, -0.1) is 16.4 Å². The van der Waals surface area contributed by atoms with Crippen LogP contribution in [0.3, 0.4) is 0 Å². The van der Waals surface area contributed by atoms with E-state index in [0.717, 1.165) is 38.8 Å². The van der Waals surface area contributed by atoms with Crippen molar-refractivity contribution in [3.05, 3.63) is 57.9 Å². The first-order chi connectivity index (χ1) is 16.3. The fraction of sp³-hybridized carbons (Fsp3) is 0.250. The number of halogens is 1. The van der Waals surface area contributed by atoms with Crippen LogP contribution in [0.4, 0.5) is 11.6 Å². The van der Waals surface area contributed by atoms with Crippen molar-refractivity contribution in [3.63, 3.8) is 0 Å². The molecular formula is C24H24ClN5O3S. The Morgan fingerprint density at radius 1 is 1.12 bits per heavy atom. The SMILES string of the molecule is CC(=O)Nc1ccc(-c2csc3nc(NC(=O)CCCOc4cc(C)c(Cl)c(C)c4)nn23)cc1. The number of hydrogen-bond acceptors (Lipinski definition) is 6. The van der Waals surface area contributed by atoms with Gasteiger partial charge in [0.2, 0.25) is 22.7 Å². The van der Waals surface area contributed by atoms with Gasteiger partial charge in [-0.25, -0.2) is 4.52 Å². The lowest BCUT2D eigenvalue weighted by Gasteiger charge is -2.09. The van der Waals surface area contributed by atoms with Crippen molar-refractivity contribution < 1.29 is 14.3 Å². The number of fused-ring (bicyclic) bond motifs is 1. The summed E-state index contributed by atoms with van der Waals surface area (Å²) in [6.45, 7) is 5.75. The van der Waals surface area contributed by atoms with Gasteiger partial charge < -0.3 is 10.1 Å². The fourth-order valence-corrected chi connectivity index (χ4v) is 4.40. The highest BCUT2D eigenvalue weighted by atomic mass is 35.5. The number of anilines is 2. The zero-order chi connectivity index (χ0) is 24.2. The van der Waals surface area contributed by atoms with Gasteiger partial charge in [0.05, 0.1) is 12.3 Å². The third kappa shape index (κ3) is 5.55. The highest BCUT2D eigenvalue weighted by Crippen LogP contribution is 2.28. The third-order valence-corrected chi connectivity index (χ3v) is 6.47. The summed E-state index contributed by atoms with van der Waals surface area (Å²) in [5.74, 6) is 0.710. The van der Waals surface area contributed by atoms with E-state index in [1.165, 1.54) is 18.3 Å². The first-order valence-electron chi connectivity index (χ1n) is 10.7. The van der Waals surface area contributed by atoms with Crippen LogP contribution in [0, 0.1) is 13.8 Å². The van der Waals surface area contributed by atoms with Crippen molar-refractivity contribution in [3.8, 4) is 17.0 Å². The maximum absolute atomic E-state index is 12.4. The van der Waals surface area contributed by atoms with Crippen LogP contribution in [0.1, 0.15) is 30.9 Å². The molecule has 0 radical (unpaired) electrons. The number of amides is 2. The van der Waals surface area contributed by atoms with E-state index < -0.39 is 0 Å². The Bertz CT molecular complexity index is 1320. The number of carbonyl (C=O) groups excluding carboxylic acids is 2. The Hall–Kier alpha value is -3.43. The minimum absolute atomic E-state index is 0.121. The Labute approximate surface area is 205 Å². The predicted molar refractivity (Wildman–Crippen MR) is 135 cm³/mol. The Kier molecular flexibility index (Phi) is 7.14. The number of ether oxygens (including phenoxy) is 1. The van der Waals surface area contributed by atoms with E-state index in [1.807, 2.05) is 55.6 Å². The first kappa shape index (κ1) is 23.7. The average Bonchev–Trinajstić information content (AvgIpc) is 3.35. The van der Waals surface area contributed by atoms with Crippen molar-refractivity contribution in [2.24, 2.45) is 0 Å². The molecule has 34 heavy (non-hydrogen) atoms. The zero-order valence-corrected chi connectivity index (χ0v) is 20.6. The lowest BCUT2D eigenvalue weighted by Crippen LogP contribution is -2.14. The second-order valence-electron chi connectivity index (χ2n) is 7.88. The molecule has 0 fully saturated rings. The average molecular weight is 498 g/mol. The van der Waals surface area contributed by atoms with Crippen LogP contribution in [0.15, 0.2) is 41.8 Å². The summed E-state index contributed by atoms with van der Waals surface area (Å²) in [5.41, 5.74) is 4.42. The van der Waals surface area contributed by atoms with Gasteiger partial charge in [-0.2, -0.15) is 4.98 Å². The summed E-state index contributed by atoms with van der Waals surface area (Å²) in [6.07, 6.45) is 0.844. The molecule has 0 aliphatic carbocycles. The quantitative estimate of drug-likeness (QED) is 0.314. The normalized spacial score (nSPS) is 10.9. The number of aromatic nitrogens is 3. The number of nitrogens with one attached hydrogen (secondary N) is 2. The minimum Gasteiger partial charge on any atom is -0.494 e. The standard InChI is InChI=1S/C24H24ClN5O3S/c1-14-11-19(12-15(2)22(14)25)33-10-4-5-21(32)27-23-28-24-30(29-23)20(13-34-24)17-6-8-18(9-7-17)26-16(3)31/h6-9,11-13H,4-5,10H2,1-3H3,(H,26,31)(H,27,29,32). The molecule has 0 bridgehead atoms. The highest BCUT2D eigenvalue weighted by Gasteiger charge is 2.14. The van der Waals surface area contributed by atoms with E-state index in [2.05, 4.69) is 20.7 Å². The molecule has 0 aliphatic rings. The lowest BCUT2D eigenvalue weighted by atomic mass is 10.1. The van der Waals surface area contributed by atoms with Gasteiger partial charge in [0.15, 0.2) is 0 Å². The van der Waals surface area contributed by atoms with E-state index in [0.29, 0.717) is 18.0 Å². The van der Waals surface area contributed by atoms with Crippen molar-refractivity contribution in [1.29, 1.82) is 0 Å². The zero-order valence-electron chi connectivity index (χ0n) is 19.0. The molecule has 4 aromatic rings.